The van der Waals surface area contributed by atoms with Gasteiger partial charge in [0.05, 0.1) is 0 Å². The summed E-state index contributed by atoms with van der Waals surface area (Å²) in [4.78, 5) is 2.49. The van der Waals surface area contributed by atoms with Gasteiger partial charge < -0.3 is 14.6 Å². The van der Waals surface area contributed by atoms with Gasteiger partial charge in [-0.15, -0.1) is 0 Å². The molecule has 2 unspecified atom stereocenters. The summed E-state index contributed by atoms with van der Waals surface area (Å²) in [5.74, 6) is 2.21. The lowest BCUT2D eigenvalue weighted by atomic mass is 9.86. The van der Waals surface area contributed by atoms with Crippen LogP contribution in [0.4, 0.5) is 4.39 Å². The van der Waals surface area contributed by atoms with Crippen molar-refractivity contribution in [2.24, 2.45) is 5.92 Å². The molecule has 1 fully saturated rings. The van der Waals surface area contributed by atoms with Crippen molar-refractivity contribution >= 4 is 11.1 Å². The molecule has 3 aromatic rings. The summed E-state index contributed by atoms with van der Waals surface area (Å²) >= 11 is 0. The number of fused-ring (bicyclic) bond motifs is 1. The molecule has 35 heavy (non-hydrogen) atoms. The maximum atomic E-state index is 13.7. The summed E-state index contributed by atoms with van der Waals surface area (Å²) in [7, 11) is 0. The number of hydrogen-bond donors (Lipinski definition) is 1. The third-order valence-corrected chi connectivity index (χ3v) is 7.19. The zero-order chi connectivity index (χ0) is 24.5. The highest BCUT2D eigenvalue weighted by atomic mass is 19.1. The van der Waals surface area contributed by atoms with E-state index in [4.69, 9.17) is 9.47 Å². The second-order valence-corrected chi connectivity index (χ2v) is 9.84. The lowest BCUT2D eigenvalue weighted by molar-refractivity contribution is 0.169. The van der Waals surface area contributed by atoms with Crippen LogP contribution >= 0.6 is 0 Å². The van der Waals surface area contributed by atoms with Gasteiger partial charge in [0.1, 0.15) is 35.8 Å². The highest BCUT2D eigenvalue weighted by Crippen LogP contribution is 2.47. The molecule has 0 radical (unpaired) electrons. The van der Waals surface area contributed by atoms with E-state index in [2.05, 4.69) is 18.7 Å². The number of rotatable bonds is 6. The van der Waals surface area contributed by atoms with Crippen LogP contribution in [-0.2, 0) is 0 Å². The zero-order valence-electron chi connectivity index (χ0n) is 20.5. The van der Waals surface area contributed by atoms with Crippen LogP contribution in [-0.4, -0.2) is 35.7 Å². The first-order chi connectivity index (χ1) is 16.9. The normalized spacial score (nSPS) is 20.9. The summed E-state index contributed by atoms with van der Waals surface area (Å²) in [6, 6.07) is 20.0. The Labute approximate surface area is 206 Å². The zero-order valence-corrected chi connectivity index (χ0v) is 20.5. The molecule has 0 aliphatic carbocycles. The highest BCUT2D eigenvalue weighted by molar-refractivity contribution is 5.95. The Hall–Kier alpha value is -3.31. The maximum absolute atomic E-state index is 13.7. The van der Waals surface area contributed by atoms with Gasteiger partial charge in [0.15, 0.2) is 0 Å². The van der Waals surface area contributed by atoms with Crippen molar-refractivity contribution in [3.63, 3.8) is 0 Å². The van der Waals surface area contributed by atoms with E-state index >= 15 is 0 Å². The lowest BCUT2D eigenvalue weighted by Gasteiger charge is -2.31. The van der Waals surface area contributed by atoms with Gasteiger partial charge in [-0.1, -0.05) is 31.2 Å². The van der Waals surface area contributed by atoms with Gasteiger partial charge in [-0.2, -0.15) is 0 Å². The van der Waals surface area contributed by atoms with Crippen molar-refractivity contribution in [1.82, 2.24) is 4.90 Å². The molecule has 1 N–H and O–H groups in total. The molecular formula is C30H32FNO3. The molecule has 1 saturated heterocycles. The smallest absolute Gasteiger partial charge is 0.150 e. The summed E-state index contributed by atoms with van der Waals surface area (Å²) in [6.45, 7) is 9.48. The van der Waals surface area contributed by atoms with Gasteiger partial charge >= 0.3 is 0 Å². The van der Waals surface area contributed by atoms with E-state index in [9.17, 15) is 9.50 Å². The van der Waals surface area contributed by atoms with E-state index in [1.807, 2.05) is 31.2 Å². The van der Waals surface area contributed by atoms with E-state index in [1.165, 1.54) is 18.6 Å². The quantitative estimate of drug-likeness (QED) is 0.432. The van der Waals surface area contributed by atoms with Gasteiger partial charge in [-0.25, -0.2) is 4.39 Å². The monoisotopic (exact) mass is 473 g/mol. The molecule has 2 aliphatic rings. The van der Waals surface area contributed by atoms with E-state index in [-0.39, 0.29) is 17.7 Å². The van der Waals surface area contributed by atoms with Crippen molar-refractivity contribution in [2.75, 3.05) is 19.7 Å². The SMILES string of the molecule is CC1=C(c2ccc(F)cc2)C(c2ccc(OCC(C)N3CC[C@@H](C)C3)cc2)Oc2ccc(O)cc21. The molecule has 0 saturated carbocycles. The number of allylic oxidation sites excluding steroid dienone is 1. The van der Waals surface area contributed by atoms with Crippen LogP contribution in [0.3, 0.4) is 0 Å². The van der Waals surface area contributed by atoms with Gasteiger partial charge in [0.25, 0.3) is 0 Å². The first kappa shape index (κ1) is 23.4. The molecule has 2 heterocycles. The van der Waals surface area contributed by atoms with E-state index < -0.39 is 0 Å². The standard InChI is InChI=1S/C30H32FNO3/c1-19-14-15-32(17-19)20(2)18-34-26-11-6-23(7-12-26)30-29(22-4-8-24(31)9-5-22)21(3)27-16-25(33)10-13-28(27)35-30/h4-13,16,19-20,30,33H,14-15,17-18H2,1-3H3/t19-,20?,30?/m1/s1. The van der Waals surface area contributed by atoms with E-state index in [1.54, 1.807) is 30.3 Å². The predicted molar refractivity (Wildman–Crippen MR) is 137 cm³/mol. The Balaban J connectivity index is 1.40. The number of ether oxygens (including phenoxy) is 2. The third kappa shape index (κ3) is 4.92. The third-order valence-electron chi connectivity index (χ3n) is 7.19. The topological polar surface area (TPSA) is 41.9 Å². The number of benzene rings is 3. The fraction of sp³-hybridized carbons (Fsp3) is 0.333. The van der Waals surface area contributed by atoms with E-state index in [0.29, 0.717) is 18.4 Å². The maximum Gasteiger partial charge on any atom is 0.150 e. The van der Waals surface area contributed by atoms with Crippen LogP contribution in [0, 0.1) is 11.7 Å². The number of nitrogens with zero attached hydrogens (tertiary/aromatic N) is 1. The summed E-state index contributed by atoms with van der Waals surface area (Å²) in [5, 5.41) is 10.0. The molecule has 5 heteroatoms. The lowest BCUT2D eigenvalue weighted by Crippen LogP contribution is -2.35. The van der Waals surface area contributed by atoms with Crippen molar-refractivity contribution < 1.29 is 19.0 Å². The minimum atomic E-state index is -0.364. The molecule has 3 atom stereocenters. The van der Waals surface area contributed by atoms with Gasteiger partial charge in [-0.05, 0) is 91.9 Å². The van der Waals surface area contributed by atoms with Crippen molar-refractivity contribution in [1.29, 1.82) is 0 Å². The molecule has 2 aliphatic heterocycles. The molecule has 0 bridgehead atoms. The number of phenols is 1. The summed E-state index contributed by atoms with van der Waals surface area (Å²) in [6.07, 6.45) is 0.892. The minimum Gasteiger partial charge on any atom is -0.508 e. The molecule has 0 aromatic heterocycles. The second-order valence-electron chi connectivity index (χ2n) is 9.84. The summed E-state index contributed by atoms with van der Waals surface area (Å²) < 4.78 is 26.2. The second kappa shape index (κ2) is 9.74. The van der Waals surface area contributed by atoms with Crippen LogP contribution in [0.2, 0.25) is 0 Å². The minimum absolute atomic E-state index is 0.183. The molecule has 0 spiro atoms. The van der Waals surface area contributed by atoms with Crippen LogP contribution in [0.15, 0.2) is 66.7 Å². The van der Waals surface area contributed by atoms with Crippen molar-refractivity contribution in [2.45, 2.75) is 39.3 Å². The Kier molecular flexibility index (Phi) is 6.52. The average molecular weight is 474 g/mol. The molecular weight excluding hydrogens is 441 g/mol. The van der Waals surface area contributed by atoms with Gasteiger partial charge in [0, 0.05) is 23.7 Å². The molecule has 0 amide bonds. The first-order valence-corrected chi connectivity index (χ1v) is 12.3. The van der Waals surface area contributed by atoms with Gasteiger partial charge in [-0.3, -0.25) is 4.90 Å². The van der Waals surface area contributed by atoms with Crippen LogP contribution in [0.5, 0.6) is 17.2 Å². The largest absolute Gasteiger partial charge is 0.508 e. The number of phenolic OH excluding ortho intramolecular Hbond substituents is 1. The van der Waals surface area contributed by atoms with Gasteiger partial charge in [0.2, 0.25) is 0 Å². The molecule has 4 nitrogen and oxygen atoms in total. The molecule has 3 aromatic carbocycles. The van der Waals surface area contributed by atoms with Crippen molar-refractivity contribution in [3.05, 3.63) is 89.2 Å². The first-order valence-electron chi connectivity index (χ1n) is 12.3. The molecule has 182 valence electrons. The Morgan fingerprint density at radius 2 is 1.83 bits per heavy atom. The Bertz CT molecular complexity index is 1220. The van der Waals surface area contributed by atoms with Crippen LogP contribution in [0.25, 0.3) is 11.1 Å². The number of aromatic hydroxyl groups is 1. The van der Waals surface area contributed by atoms with Crippen molar-refractivity contribution in [3.8, 4) is 17.2 Å². The number of halogens is 1. The summed E-state index contributed by atoms with van der Waals surface area (Å²) in [5.41, 5.74) is 4.65. The average Bonchev–Trinajstić information content (AvgIpc) is 3.30. The van der Waals surface area contributed by atoms with Crippen LogP contribution < -0.4 is 9.47 Å². The van der Waals surface area contributed by atoms with E-state index in [0.717, 1.165) is 52.6 Å². The Morgan fingerprint density at radius 1 is 1.09 bits per heavy atom. The predicted octanol–water partition coefficient (Wildman–Crippen LogP) is 6.70. The Morgan fingerprint density at radius 3 is 2.51 bits per heavy atom. The van der Waals surface area contributed by atoms with Crippen LogP contribution in [0.1, 0.15) is 50.0 Å². The molecule has 5 rings (SSSR count). The highest BCUT2D eigenvalue weighted by Gasteiger charge is 2.30. The fourth-order valence-corrected chi connectivity index (χ4v) is 5.10. The fourth-order valence-electron chi connectivity index (χ4n) is 5.10. The number of hydrogen-bond acceptors (Lipinski definition) is 4. The number of likely N-dealkylation sites (tertiary alicyclic amines) is 1.